The minimum absolute atomic E-state index is 0.0173. The molecule has 2 aromatic carbocycles. The molecule has 1 saturated carbocycles. The number of hydrogen-bond acceptors (Lipinski definition) is 5. The third-order valence-electron chi connectivity index (χ3n) is 5.20. The van der Waals surface area contributed by atoms with Crippen LogP contribution in [0.3, 0.4) is 0 Å². The molecule has 1 aliphatic carbocycles. The summed E-state index contributed by atoms with van der Waals surface area (Å²) in [5, 5.41) is 12.7. The first kappa shape index (κ1) is 17.7. The van der Waals surface area contributed by atoms with Crippen LogP contribution in [-0.4, -0.2) is 23.2 Å². The zero-order chi connectivity index (χ0) is 18.7. The van der Waals surface area contributed by atoms with Gasteiger partial charge < -0.3 is 4.74 Å². The lowest BCUT2D eigenvalue weighted by Crippen LogP contribution is -2.37. The monoisotopic (exact) mass is 379 g/mol. The van der Waals surface area contributed by atoms with Gasteiger partial charge in [-0.2, -0.15) is 0 Å². The van der Waals surface area contributed by atoms with Gasteiger partial charge in [0, 0.05) is 5.56 Å². The second-order valence-corrected chi connectivity index (χ2v) is 7.73. The highest BCUT2D eigenvalue weighted by molar-refractivity contribution is 7.18. The Morgan fingerprint density at radius 3 is 2.41 bits per heavy atom. The van der Waals surface area contributed by atoms with E-state index in [0.717, 1.165) is 47.6 Å². The maximum absolute atomic E-state index is 13.2. The summed E-state index contributed by atoms with van der Waals surface area (Å²) < 4.78 is 5.18. The van der Waals surface area contributed by atoms with Crippen molar-refractivity contribution in [1.82, 2.24) is 10.2 Å². The van der Waals surface area contributed by atoms with Gasteiger partial charge in [-0.1, -0.05) is 54.5 Å². The van der Waals surface area contributed by atoms with Crippen LogP contribution < -0.4 is 10.1 Å². The number of nitrogens with zero attached hydrogens (tertiary/aromatic N) is 2. The first-order valence-corrected chi connectivity index (χ1v) is 9.88. The van der Waals surface area contributed by atoms with Gasteiger partial charge in [-0.25, -0.2) is 0 Å². The van der Waals surface area contributed by atoms with E-state index in [1.165, 1.54) is 11.3 Å². The Morgan fingerprint density at radius 2 is 1.74 bits per heavy atom. The maximum Gasteiger partial charge on any atom is 0.236 e. The Balaban J connectivity index is 1.55. The molecule has 1 fully saturated rings. The summed E-state index contributed by atoms with van der Waals surface area (Å²) in [6.07, 6.45) is 3.87. The number of carbonyl (C=O) groups is 1. The van der Waals surface area contributed by atoms with Crippen molar-refractivity contribution >= 4 is 22.4 Å². The Kier molecular flexibility index (Phi) is 4.90. The fourth-order valence-corrected chi connectivity index (χ4v) is 4.47. The van der Waals surface area contributed by atoms with E-state index in [0.29, 0.717) is 5.13 Å². The van der Waals surface area contributed by atoms with Crippen molar-refractivity contribution < 1.29 is 9.53 Å². The Hall–Kier alpha value is -2.73. The highest BCUT2D eigenvalue weighted by atomic mass is 32.1. The number of aromatic nitrogens is 2. The summed E-state index contributed by atoms with van der Waals surface area (Å²) >= 11 is 1.39. The predicted molar refractivity (Wildman–Crippen MR) is 107 cm³/mol. The Bertz CT molecular complexity index is 916. The number of methoxy groups -OCH3 is 1. The molecule has 0 saturated heterocycles. The van der Waals surface area contributed by atoms with E-state index in [1.54, 1.807) is 7.11 Å². The van der Waals surface area contributed by atoms with Gasteiger partial charge in [0.2, 0.25) is 11.0 Å². The number of hydrogen-bond donors (Lipinski definition) is 1. The summed E-state index contributed by atoms with van der Waals surface area (Å²) in [5.41, 5.74) is 1.57. The minimum Gasteiger partial charge on any atom is -0.497 e. The maximum atomic E-state index is 13.2. The molecule has 5 nitrogen and oxygen atoms in total. The first-order chi connectivity index (χ1) is 13.2. The van der Waals surface area contributed by atoms with Gasteiger partial charge in [-0.3, -0.25) is 10.1 Å². The lowest BCUT2D eigenvalue weighted by molar-refractivity contribution is -0.121. The third kappa shape index (κ3) is 3.45. The number of rotatable bonds is 5. The third-order valence-corrected chi connectivity index (χ3v) is 6.09. The molecule has 0 atom stereocenters. The average molecular weight is 379 g/mol. The van der Waals surface area contributed by atoms with E-state index >= 15 is 0 Å². The van der Waals surface area contributed by atoms with E-state index in [-0.39, 0.29) is 5.91 Å². The average Bonchev–Trinajstić information content (AvgIpc) is 3.39. The predicted octanol–water partition coefficient (Wildman–Crippen LogP) is 4.66. The topological polar surface area (TPSA) is 64.1 Å². The molecule has 0 radical (unpaired) electrons. The molecule has 1 aliphatic rings. The summed E-state index contributed by atoms with van der Waals surface area (Å²) in [5.74, 6) is 0.812. The molecule has 1 amide bonds. The molecule has 0 bridgehead atoms. The van der Waals surface area contributed by atoms with Crippen molar-refractivity contribution in [3.05, 3.63) is 60.2 Å². The second-order valence-electron chi connectivity index (χ2n) is 6.75. The fourth-order valence-electron chi connectivity index (χ4n) is 3.72. The molecule has 0 spiro atoms. The van der Waals surface area contributed by atoms with Crippen LogP contribution in [-0.2, 0) is 10.2 Å². The normalized spacial score (nSPS) is 15.4. The van der Waals surface area contributed by atoms with Gasteiger partial charge in [0.15, 0.2) is 0 Å². The molecule has 1 aromatic heterocycles. The number of amides is 1. The zero-order valence-electron chi connectivity index (χ0n) is 15.1. The molecule has 4 rings (SSSR count). The second kappa shape index (κ2) is 7.48. The molecule has 0 aliphatic heterocycles. The van der Waals surface area contributed by atoms with Crippen molar-refractivity contribution in [1.29, 1.82) is 0 Å². The molecule has 1 N–H and O–H groups in total. The largest absolute Gasteiger partial charge is 0.497 e. The molecule has 138 valence electrons. The number of benzene rings is 2. The Labute approximate surface area is 162 Å². The van der Waals surface area contributed by atoms with Gasteiger partial charge >= 0.3 is 0 Å². The van der Waals surface area contributed by atoms with E-state index in [9.17, 15) is 4.79 Å². The number of ether oxygens (including phenoxy) is 1. The number of anilines is 1. The van der Waals surface area contributed by atoms with Gasteiger partial charge in [0.25, 0.3) is 0 Å². The zero-order valence-corrected chi connectivity index (χ0v) is 16.0. The van der Waals surface area contributed by atoms with E-state index in [1.807, 2.05) is 54.6 Å². The van der Waals surface area contributed by atoms with Gasteiger partial charge in [-0.05, 0) is 42.7 Å². The van der Waals surface area contributed by atoms with Crippen LogP contribution >= 0.6 is 11.3 Å². The molecule has 1 heterocycles. The van der Waals surface area contributed by atoms with Crippen LogP contribution in [0.4, 0.5) is 5.13 Å². The summed E-state index contributed by atoms with van der Waals surface area (Å²) in [7, 11) is 1.64. The lowest BCUT2D eigenvalue weighted by atomic mass is 9.78. The summed E-state index contributed by atoms with van der Waals surface area (Å²) in [6, 6.07) is 17.7. The highest BCUT2D eigenvalue weighted by Gasteiger charge is 2.42. The van der Waals surface area contributed by atoms with Crippen molar-refractivity contribution in [3.8, 4) is 16.3 Å². The van der Waals surface area contributed by atoms with Crippen LogP contribution in [0.5, 0.6) is 5.75 Å². The highest BCUT2D eigenvalue weighted by Crippen LogP contribution is 2.42. The molecule has 6 heteroatoms. The number of carbonyl (C=O) groups excluding carboxylic acids is 1. The fraction of sp³-hybridized carbons (Fsp3) is 0.286. The van der Waals surface area contributed by atoms with Crippen LogP contribution in [0.15, 0.2) is 54.6 Å². The van der Waals surface area contributed by atoms with Crippen LogP contribution in [0.1, 0.15) is 31.2 Å². The van der Waals surface area contributed by atoms with Crippen LogP contribution in [0.25, 0.3) is 10.6 Å². The molecular weight excluding hydrogens is 358 g/mol. The van der Waals surface area contributed by atoms with Crippen LogP contribution in [0.2, 0.25) is 0 Å². The standard InChI is InChI=1S/C21H21N3O2S/c1-26-17-11-9-15(10-12-17)18-23-24-20(27-18)22-19(25)21(13-5-6-14-21)16-7-3-2-4-8-16/h2-4,7-12H,5-6,13-14H2,1H3,(H,22,24,25). The van der Waals surface area contributed by atoms with E-state index in [2.05, 4.69) is 15.5 Å². The van der Waals surface area contributed by atoms with Crippen molar-refractivity contribution in [2.24, 2.45) is 0 Å². The summed E-state index contributed by atoms with van der Waals surface area (Å²) in [4.78, 5) is 13.2. The molecule has 3 aromatic rings. The molecule has 27 heavy (non-hydrogen) atoms. The molecule has 0 unspecified atom stereocenters. The van der Waals surface area contributed by atoms with Crippen molar-refractivity contribution in [2.75, 3.05) is 12.4 Å². The van der Waals surface area contributed by atoms with E-state index < -0.39 is 5.41 Å². The lowest BCUT2D eigenvalue weighted by Gasteiger charge is -2.27. The quantitative estimate of drug-likeness (QED) is 0.700. The number of nitrogens with one attached hydrogen (secondary N) is 1. The Morgan fingerprint density at radius 1 is 1.04 bits per heavy atom. The van der Waals surface area contributed by atoms with Crippen LogP contribution in [0, 0.1) is 0 Å². The van der Waals surface area contributed by atoms with Gasteiger partial charge in [0.1, 0.15) is 10.8 Å². The molecular formula is C21H21N3O2S. The minimum atomic E-state index is -0.465. The SMILES string of the molecule is COc1ccc(-c2nnc(NC(=O)C3(c4ccccc4)CCCC3)s2)cc1. The van der Waals surface area contributed by atoms with Crippen molar-refractivity contribution in [3.63, 3.8) is 0 Å². The van der Waals surface area contributed by atoms with Gasteiger partial charge in [0.05, 0.1) is 12.5 Å². The van der Waals surface area contributed by atoms with Gasteiger partial charge in [-0.15, -0.1) is 10.2 Å². The smallest absolute Gasteiger partial charge is 0.236 e. The van der Waals surface area contributed by atoms with E-state index in [4.69, 9.17) is 4.74 Å². The first-order valence-electron chi connectivity index (χ1n) is 9.06. The summed E-state index contributed by atoms with van der Waals surface area (Å²) in [6.45, 7) is 0. The van der Waals surface area contributed by atoms with Crippen molar-refractivity contribution in [2.45, 2.75) is 31.1 Å².